The van der Waals surface area contributed by atoms with Gasteiger partial charge in [0.15, 0.2) is 0 Å². The molecule has 30 heavy (non-hydrogen) atoms. The zero-order valence-corrected chi connectivity index (χ0v) is 17.1. The summed E-state index contributed by atoms with van der Waals surface area (Å²) in [6, 6.07) is 22.1. The Hall–Kier alpha value is -3.44. The van der Waals surface area contributed by atoms with Crippen LogP contribution in [0.25, 0.3) is 16.5 Å². The third kappa shape index (κ3) is 3.48. The van der Waals surface area contributed by atoms with E-state index in [-0.39, 0.29) is 11.3 Å². The van der Waals surface area contributed by atoms with Crippen molar-refractivity contribution < 1.29 is 14.7 Å². The van der Waals surface area contributed by atoms with Crippen LogP contribution >= 0.6 is 0 Å². The van der Waals surface area contributed by atoms with Crippen molar-refractivity contribution in [3.8, 4) is 0 Å². The van der Waals surface area contributed by atoms with Gasteiger partial charge in [0, 0.05) is 18.7 Å². The number of likely N-dealkylation sites (tertiary alicyclic amines) is 1. The zero-order chi connectivity index (χ0) is 21.3. The first-order valence-electron chi connectivity index (χ1n) is 9.95. The van der Waals surface area contributed by atoms with E-state index in [0.717, 1.165) is 16.3 Å². The quantitative estimate of drug-likeness (QED) is 0.402. The van der Waals surface area contributed by atoms with E-state index < -0.39 is 17.7 Å². The van der Waals surface area contributed by atoms with E-state index in [1.807, 2.05) is 85.7 Å². The first-order valence-corrected chi connectivity index (χ1v) is 9.95. The number of rotatable bonds is 5. The summed E-state index contributed by atoms with van der Waals surface area (Å²) < 4.78 is 0. The van der Waals surface area contributed by atoms with Crippen LogP contribution in [0.2, 0.25) is 0 Å². The van der Waals surface area contributed by atoms with Gasteiger partial charge in [0.2, 0.25) is 0 Å². The number of Topliss-reactive ketones (excluding diaryl/α,β-unsaturated/α-hetero) is 1. The predicted molar refractivity (Wildman–Crippen MR) is 118 cm³/mol. The molecule has 0 saturated carbocycles. The molecule has 0 aromatic heterocycles. The summed E-state index contributed by atoms with van der Waals surface area (Å²) in [5, 5.41) is 13.1. The number of ketones is 1. The summed E-state index contributed by atoms with van der Waals surface area (Å²) in [5.41, 5.74) is 1.50. The van der Waals surface area contributed by atoms with E-state index >= 15 is 0 Å². The molecule has 1 fully saturated rings. The van der Waals surface area contributed by atoms with E-state index in [4.69, 9.17) is 0 Å². The smallest absolute Gasteiger partial charge is 0.295 e. The van der Waals surface area contributed by atoms with Gasteiger partial charge in [-0.25, -0.2) is 0 Å². The van der Waals surface area contributed by atoms with Crippen molar-refractivity contribution in [2.24, 2.45) is 0 Å². The predicted octanol–water partition coefficient (Wildman–Crippen LogP) is 3.82. The molecule has 3 aromatic carbocycles. The molecule has 1 amide bonds. The Labute approximate surface area is 175 Å². The molecule has 0 spiro atoms. The number of aliphatic hydroxyl groups excluding tert-OH is 1. The number of likely N-dealkylation sites (N-methyl/N-ethyl adjacent to an activating group) is 1. The fourth-order valence-corrected chi connectivity index (χ4v) is 3.98. The molecular weight excluding hydrogens is 376 g/mol. The number of carbonyl (C=O) groups excluding carboxylic acids is 2. The SMILES string of the molecule is CN(C)CCN1C(=O)C(=O)/C(=C(\O)c2cccc3ccccc23)C1c1ccccc1. The molecule has 0 aliphatic carbocycles. The lowest BCUT2D eigenvalue weighted by Gasteiger charge is -2.26. The Morgan fingerprint density at radius 3 is 2.33 bits per heavy atom. The fraction of sp³-hybridized carbons (Fsp3) is 0.200. The lowest BCUT2D eigenvalue weighted by Crippen LogP contribution is -2.35. The van der Waals surface area contributed by atoms with Crippen molar-refractivity contribution in [2.45, 2.75) is 6.04 Å². The van der Waals surface area contributed by atoms with Crippen molar-refractivity contribution >= 4 is 28.2 Å². The maximum absolute atomic E-state index is 13.1. The average molecular weight is 400 g/mol. The van der Waals surface area contributed by atoms with Crippen LogP contribution in [0.1, 0.15) is 17.2 Å². The van der Waals surface area contributed by atoms with Crippen molar-refractivity contribution in [1.29, 1.82) is 0 Å². The number of hydrogen-bond acceptors (Lipinski definition) is 4. The molecule has 0 radical (unpaired) electrons. The molecule has 5 heteroatoms. The first-order chi connectivity index (χ1) is 14.5. The first kappa shape index (κ1) is 19.9. The highest BCUT2D eigenvalue weighted by Gasteiger charge is 2.45. The molecule has 4 rings (SSSR count). The highest BCUT2D eigenvalue weighted by Crippen LogP contribution is 2.40. The van der Waals surface area contributed by atoms with Gasteiger partial charge in [-0.05, 0) is 30.4 Å². The van der Waals surface area contributed by atoms with Crippen molar-refractivity contribution in [2.75, 3.05) is 27.2 Å². The minimum Gasteiger partial charge on any atom is -0.507 e. The maximum Gasteiger partial charge on any atom is 0.295 e. The van der Waals surface area contributed by atoms with E-state index in [2.05, 4.69) is 0 Å². The molecule has 1 N–H and O–H groups in total. The second-order valence-corrected chi connectivity index (χ2v) is 7.73. The van der Waals surface area contributed by atoms with Crippen molar-refractivity contribution in [3.63, 3.8) is 0 Å². The number of carbonyl (C=O) groups is 2. The summed E-state index contributed by atoms with van der Waals surface area (Å²) >= 11 is 0. The third-order valence-corrected chi connectivity index (χ3v) is 5.49. The van der Waals surface area contributed by atoms with Crippen molar-refractivity contribution in [1.82, 2.24) is 9.80 Å². The van der Waals surface area contributed by atoms with Crippen LogP contribution in [0.5, 0.6) is 0 Å². The minimum absolute atomic E-state index is 0.133. The van der Waals surface area contributed by atoms with Crippen LogP contribution < -0.4 is 0 Å². The molecule has 3 aromatic rings. The molecule has 1 aliphatic heterocycles. The van der Waals surface area contributed by atoms with E-state index in [9.17, 15) is 14.7 Å². The standard InChI is InChI=1S/C25H24N2O3/c1-26(2)15-16-27-22(18-10-4-3-5-11-18)21(24(29)25(27)30)23(28)20-14-8-12-17-9-6-7-13-19(17)20/h3-14,22,28H,15-16H2,1-2H3/b23-21-. The molecule has 1 saturated heterocycles. The Bertz CT molecular complexity index is 1130. The number of amides is 1. The monoisotopic (exact) mass is 400 g/mol. The molecule has 1 atom stereocenters. The second-order valence-electron chi connectivity index (χ2n) is 7.73. The van der Waals surface area contributed by atoms with Gasteiger partial charge >= 0.3 is 0 Å². The second kappa shape index (κ2) is 8.13. The van der Waals surface area contributed by atoms with Crippen LogP contribution in [-0.4, -0.2) is 53.8 Å². The summed E-state index contributed by atoms with van der Waals surface area (Å²) in [6.07, 6.45) is 0. The topological polar surface area (TPSA) is 60.9 Å². The zero-order valence-electron chi connectivity index (χ0n) is 17.1. The normalized spacial score (nSPS) is 18.5. The number of hydrogen-bond donors (Lipinski definition) is 1. The van der Waals surface area contributed by atoms with Gasteiger partial charge in [-0.1, -0.05) is 72.8 Å². The van der Waals surface area contributed by atoms with Crippen LogP contribution in [0.15, 0.2) is 78.4 Å². The summed E-state index contributed by atoms with van der Waals surface area (Å²) in [5.74, 6) is -1.35. The van der Waals surface area contributed by atoms with E-state index in [0.29, 0.717) is 18.7 Å². The lowest BCUT2D eigenvalue weighted by atomic mass is 9.93. The van der Waals surface area contributed by atoms with Crippen LogP contribution in [-0.2, 0) is 9.59 Å². The third-order valence-electron chi connectivity index (χ3n) is 5.49. The summed E-state index contributed by atoms with van der Waals surface area (Å²) in [7, 11) is 3.84. The largest absolute Gasteiger partial charge is 0.507 e. The van der Waals surface area contributed by atoms with Gasteiger partial charge in [-0.15, -0.1) is 0 Å². The molecule has 152 valence electrons. The van der Waals surface area contributed by atoms with Gasteiger partial charge in [-0.2, -0.15) is 0 Å². The molecule has 1 heterocycles. The summed E-state index contributed by atoms with van der Waals surface area (Å²) in [4.78, 5) is 29.5. The van der Waals surface area contributed by atoms with Gasteiger partial charge in [0.25, 0.3) is 11.7 Å². The Kier molecular flexibility index (Phi) is 5.38. The van der Waals surface area contributed by atoms with Gasteiger partial charge in [0.1, 0.15) is 5.76 Å². The van der Waals surface area contributed by atoms with Crippen molar-refractivity contribution in [3.05, 3.63) is 89.5 Å². The number of fused-ring (bicyclic) bond motifs is 1. The molecular formula is C25H24N2O3. The van der Waals surface area contributed by atoms with E-state index in [1.165, 1.54) is 0 Å². The lowest BCUT2D eigenvalue weighted by molar-refractivity contribution is -0.140. The van der Waals surface area contributed by atoms with E-state index in [1.54, 1.807) is 11.0 Å². The molecule has 5 nitrogen and oxygen atoms in total. The minimum atomic E-state index is -0.645. The molecule has 1 aliphatic rings. The van der Waals surface area contributed by atoms with Gasteiger partial charge in [0.05, 0.1) is 11.6 Å². The maximum atomic E-state index is 13.1. The highest BCUT2D eigenvalue weighted by molar-refractivity contribution is 6.46. The number of nitrogens with zero attached hydrogens (tertiary/aromatic N) is 2. The van der Waals surface area contributed by atoms with Crippen LogP contribution in [0.4, 0.5) is 0 Å². The van der Waals surface area contributed by atoms with Crippen LogP contribution in [0, 0.1) is 0 Å². The molecule has 0 bridgehead atoms. The van der Waals surface area contributed by atoms with Crippen LogP contribution in [0.3, 0.4) is 0 Å². The number of aliphatic hydroxyl groups is 1. The molecule has 1 unspecified atom stereocenters. The Balaban J connectivity index is 1.91. The summed E-state index contributed by atoms with van der Waals surface area (Å²) in [6.45, 7) is 1.01. The Morgan fingerprint density at radius 2 is 1.60 bits per heavy atom. The van der Waals surface area contributed by atoms with Gasteiger partial charge < -0.3 is 14.9 Å². The number of benzene rings is 3. The Morgan fingerprint density at radius 1 is 0.933 bits per heavy atom. The highest BCUT2D eigenvalue weighted by atomic mass is 16.3. The van der Waals surface area contributed by atoms with Gasteiger partial charge in [-0.3, -0.25) is 9.59 Å². The average Bonchev–Trinajstić information content (AvgIpc) is 3.02. The fourth-order valence-electron chi connectivity index (χ4n) is 3.98.